The molecular weight excluding hydrogens is 152 g/mol. The van der Waals surface area contributed by atoms with E-state index in [1.807, 2.05) is 0 Å². The Labute approximate surface area is 63.4 Å². The average molecular weight is 165 g/mol. The fourth-order valence-electron chi connectivity index (χ4n) is 0.991. The maximum Gasteiger partial charge on any atom is 0.202 e. The lowest BCUT2D eigenvalue weighted by atomic mass is 10.2. The average Bonchev–Trinajstić information content (AvgIpc) is 1.88. The van der Waals surface area contributed by atoms with Crippen molar-refractivity contribution in [3.05, 3.63) is 0 Å². The zero-order chi connectivity index (χ0) is 7.40. The van der Waals surface area contributed by atoms with E-state index in [1.165, 1.54) is 0 Å². The zero-order valence-corrected chi connectivity index (χ0v) is 6.97. The lowest BCUT2D eigenvalue weighted by Crippen LogP contribution is -2.23. The Balaban J connectivity index is 2.19. The Kier molecular flexibility index (Phi) is 3.31. The summed E-state index contributed by atoms with van der Waals surface area (Å²) in [6, 6.07) is 0. The maximum absolute atomic E-state index is 10.6. The molecule has 0 aromatic heterocycles. The molecule has 0 N–H and O–H groups in total. The van der Waals surface area contributed by atoms with Gasteiger partial charge in [0.2, 0.25) is 11.1 Å². The molecule has 1 aliphatic rings. The molecule has 0 amide bonds. The number of hydrogen-bond donors (Lipinski definition) is 0. The van der Waals surface area contributed by atoms with E-state index in [4.69, 9.17) is 8.92 Å². The van der Waals surface area contributed by atoms with E-state index >= 15 is 0 Å². The first-order chi connectivity index (χ1) is 4.79. The van der Waals surface area contributed by atoms with Crippen LogP contribution in [-0.2, 0) is 24.2 Å². The Bertz CT molecular complexity index is 120. The van der Waals surface area contributed by atoms with Crippen molar-refractivity contribution in [1.82, 2.24) is 0 Å². The molecule has 0 aliphatic carbocycles. The molecule has 0 radical (unpaired) electrons. The van der Waals surface area contributed by atoms with Crippen molar-refractivity contribution in [1.29, 1.82) is 0 Å². The van der Waals surface area contributed by atoms with Gasteiger partial charge in [0.15, 0.2) is 0 Å². The largest absolute Gasteiger partial charge is 0.381 e. The smallest absolute Gasteiger partial charge is 0.202 e. The van der Waals surface area contributed by atoms with Gasteiger partial charge in [0.05, 0.1) is 0 Å². The number of hydrogen-bond acceptors (Lipinski definition) is 3. The summed E-state index contributed by atoms with van der Waals surface area (Å²) < 4.78 is 20.8. The van der Waals surface area contributed by atoms with Gasteiger partial charge >= 0.3 is 0 Å². The second-order valence-corrected chi connectivity index (χ2v) is 3.45. The second kappa shape index (κ2) is 4.05. The van der Waals surface area contributed by atoms with Crippen LogP contribution in [0.15, 0.2) is 0 Å². The predicted molar refractivity (Wildman–Crippen MR) is 40.3 cm³/mol. The first-order valence-electron chi connectivity index (χ1n) is 3.44. The minimum atomic E-state index is -1.43. The van der Waals surface area contributed by atoms with Crippen molar-refractivity contribution in [3.63, 3.8) is 0 Å². The minimum absolute atomic E-state index is 0.169. The molecule has 0 bridgehead atoms. The first kappa shape index (κ1) is 8.17. The van der Waals surface area contributed by atoms with Gasteiger partial charge in [-0.3, -0.25) is 0 Å². The number of rotatable bonds is 2. The first-order valence-corrected chi connectivity index (χ1v) is 5.07. The Morgan fingerprint density at radius 3 is 2.60 bits per heavy atom. The Morgan fingerprint density at radius 2 is 2.10 bits per heavy atom. The summed E-state index contributed by atoms with van der Waals surface area (Å²) in [6.07, 6.45) is 3.52. The molecular formula is C6H13O3S+. The molecule has 0 spiro atoms. The van der Waals surface area contributed by atoms with E-state index in [9.17, 15) is 4.21 Å². The standard InChI is InChI=1S/C6H12O3S/c1-10(7)9-6-2-4-8-5-3-6/h6H,2-5H2,1H3/p+1. The van der Waals surface area contributed by atoms with Gasteiger partial charge in [0.25, 0.3) is 0 Å². The van der Waals surface area contributed by atoms with Gasteiger partial charge in [0, 0.05) is 26.1 Å². The van der Waals surface area contributed by atoms with Gasteiger partial charge in [0.1, 0.15) is 12.4 Å². The molecule has 1 unspecified atom stereocenters. The van der Waals surface area contributed by atoms with Crippen molar-refractivity contribution < 1.29 is 13.1 Å². The van der Waals surface area contributed by atoms with Crippen molar-refractivity contribution in [2.75, 3.05) is 19.5 Å². The normalized spacial score (nSPS) is 24.5. The molecule has 1 aliphatic heterocycles. The molecule has 10 heavy (non-hydrogen) atoms. The number of ether oxygens (including phenoxy) is 1. The van der Waals surface area contributed by atoms with Crippen LogP contribution in [0.25, 0.3) is 0 Å². The van der Waals surface area contributed by atoms with Crippen molar-refractivity contribution in [2.24, 2.45) is 0 Å². The molecule has 0 saturated carbocycles. The summed E-state index contributed by atoms with van der Waals surface area (Å²) >= 11 is -1.43. The molecule has 1 rings (SSSR count). The van der Waals surface area contributed by atoms with E-state index < -0.39 is 11.1 Å². The monoisotopic (exact) mass is 165 g/mol. The highest BCUT2D eigenvalue weighted by Gasteiger charge is 2.18. The van der Waals surface area contributed by atoms with Crippen LogP contribution < -0.4 is 0 Å². The van der Waals surface area contributed by atoms with Crippen molar-refractivity contribution in [3.8, 4) is 0 Å². The highest BCUT2D eigenvalue weighted by molar-refractivity contribution is 7.79. The molecule has 0 aromatic rings. The van der Waals surface area contributed by atoms with E-state index in [-0.39, 0.29) is 6.10 Å². The molecule has 1 saturated heterocycles. The fraction of sp³-hybridized carbons (Fsp3) is 1.00. The molecule has 1 heterocycles. The Morgan fingerprint density at radius 1 is 1.50 bits per heavy atom. The lowest BCUT2D eigenvalue weighted by Gasteiger charge is -2.17. The van der Waals surface area contributed by atoms with Gasteiger partial charge in [-0.1, -0.05) is 4.21 Å². The highest BCUT2D eigenvalue weighted by atomic mass is 32.2. The second-order valence-electron chi connectivity index (χ2n) is 2.36. The van der Waals surface area contributed by atoms with Crippen LogP contribution in [0.2, 0.25) is 0 Å². The summed E-state index contributed by atoms with van der Waals surface area (Å²) in [5.74, 6) is 0. The summed E-state index contributed by atoms with van der Waals surface area (Å²) in [5, 5.41) is 0. The van der Waals surface area contributed by atoms with Gasteiger partial charge in [-0.2, -0.15) is 4.18 Å². The SMILES string of the molecule is C[SH+](=O)OC1CCOCC1. The zero-order valence-electron chi connectivity index (χ0n) is 6.08. The summed E-state index contributed by atoms with van der Waals surface area (Å²) in [6.45, 7) is 1.49. The summed E-state index contributed by atoms with van der Waals surface area (Å²) in [4.78, 5) is 0. The van der Waals surface area contributed by atoms with Crippen LogP contribution in [0.5, 0.6) is 0 Å². The predicted octanol–water partition coefficient (Wildman–Crippen LogP) is 0.423. The van der Waals surface area contributed by atoms with E-state index in [1.54, 1.807) is 6.26 Å². The maximum atomic E-state index is 10.6. The van der Waals surface area contributed by atoms with Crippen LogP contribution >= 0.6 is 0 Å². The molecule has 60 valence electrons. The molecule has 1 fully saturated rings. The Hall–Kier alpha value is 0.0700. The summed E-state index contributed by atoms with van der Waals surface area (Å²) in [5.41, 5.74) is 0. The van der Waals surface area contributed by atoms with Crippen LogP contribution in [0.4, 0.5) is 0 Å². The minimum Gasteiger partial charge on any atom is -0.381 e. The van der Waals surface area contributed by atoms with Crippen LogP contribution in [-0.4, -0.2) is 25.6 Å². The quantitative estimate of drug-likeness (QED) is 0.439. The molecule has 4 heteroatoms. The van der Waals surface area contributed by atoms with Crippen molar-refractivity contribution >= 4 is 11.1 Å². The number of thiol groups is 1. The summed E-state index contributed by atoms with van der Waals surface area (Å²) in [7, 11) is 0. The van der Waals surface area contributed by atoms with E-state index in [2.05, 4.69) is 0 Å². The van der Waals surface area contributed by atoms with Gasteiger partial charge in [-0.15, -0.1) is 0 Å². The third-order valence-electron chi connectivity index (χ3n) is 1.47. The van der Waals surface area contributed by atoms with Crippen LogP contribution in [0.3, 0.4) is 0 Å². The van der Waals surface area contributed by atoms with Gasteiger partial charge in [-0.05, 0) is 0 Å². The van der Waals surface area contributed by atoms with Crippen LogP contribution in [0.1, 0.15) is 12.8 Å². The third-order valence-corrected chi connectivity index (χ3v) is 2.06. The molecule has 3 nitrogen and oxygen atoms in total. The van der Waals surface area contributed by atoms with Gasteiger partial charge < -0.3 is 4.74 Å². The fourth-order valence-corrected chi connectivity index (χ4v) is 1.62. The van der Waals surface area contributed by atoms with Crippen molar-refractivity contribution in [2.45, 2.75) is 18.9 Å². The molecule has 1 atom stereocenters. The highest BCUT2D eigenvalue weighted by Crippen LogP contribution is 2.10. The van der Waals surface area contributed by atoms with E-state index in [0.29, 0.717) is 0 Å². The topological polar surface area (TPSA) is 35.5 Å². The van der Waals surface area contributed by atoms with Crippen LogP contribution in [0, 0.1) is 0 Å². The van der Waals surface area contributed by atoms with Gasteiger partial charge in [-0.25, -0.2) is 0 Å². The lowest BCUT2D eigenvalue weighted by molar-refractivity contribution is 0.0312. The third kappa shape index (κ3) is 2.77. The van der Waals surface area contributed by atoms with E-state index in [0.717, 1.165) is 26.1 Å². The molecule has 0 aromatic carbocycles.